The van der Waals surface area contributed by atoms with Crippen LogP contribution in [0.15, 0.2) is 42.5 Å². The quantitative estimate of drug-likeness (QED) is 0.386. The smallest absolute Gasteiger partial charge is 0.460 e. The molecule has 186 valence electrons. The van der Waals surface area contributed by atoms with Crippen molar-refractivity contribution in [3.63, 3.8) is 0 Å². The highest BCUT2D eigenvalue weighted by Gasteiger charge is 2.82. The molecule has 0 radical (unpaired) electrons. The Hall–Kier alpha value is -2.85. The van der Waals surface area contributed by atoms with E-state index in [1.807, 2.05) is 0 Å². The third-order valence-corrected chi connectivity index (χ3v) is 5.65. The summed E-state index contributed by atoms with van der Waals surface area (Å²) in [5.41, 5.74) is -2.57. The van der Waals surface area contributed by atoms with Crippen LogP contribution in [0.2, 0.25) is 0 Å². The highest BCUT2D eigenvalue weighted by atomic mass is 19.4. The molecule has 0 spiro atoms. The van der Waals surface area contributed by atoms with Gasteiger partial charge in [-0.2, -0.15) is 39.5 Å². The molecule has 0 N–H and O–H groups in total. The van der Waals surface area contributed by atoms with Crippen molar-refractivity contribution in [3.05, 3.63) is 59.2 Å². The largest absolute Gasteiger partial charge is 0.497 e. The second-order valence-corrected chi connectivity index (χ2v) is 7.68. The molecular weight excluding hydrogens is 479 g/mol. The van der Waals surface area contributed by atoms with E-state index in [4.69, 9.17) is 9.47 Å². The van der Waals surface area contributed by atoms with Crippen molar-refractivity contribution in [1.82, 2.24) is 0 Å². The number of benzene rings is 2. The van der Waals surface area contributed by atoms with Gasteiger partial charge in [-0.25, -0.2) is 0 Å². The number of hydrogen-bond acceptors (Lipinski definition) is 2. The maximum atomic E-state index is 15.4. The Balaban J connectivity index is 2.36. The van der Waals surface area contributed by atoms with E-state index in [9.17, 15) is 30.7 Å². The Kier molecular flexibility index (Phi) is 6.62. The first-order valence-corrected chi connectivity index (χ1v) is 9.94. The molecular formula is C23H19F9O2. The molecule has 2 aromatic rings. The fourth-order valence-electron chi connectivity index (χ4n) is 3.86. The lowest BCUT2D eigenvalue weighted by molar-refractivity contribution is -0.386. The van der Waals surface area contributed by atoms with Gasteiger partial charge in [0.25, 0.3) is 0 Å². The third-order valence-electron chi connectivity index (χ3n) is 5.65. The average molecular weight is 498 g/mol. The number of halogens is 9. The van der Waals surface area contributed by atoms with Gasteiger partial charge in [-0.15, -0.1) is 0 Å². The van der Waals surface area contributed by atoms with Crippen molar-refractivity contribution in [2.75, 3.05) is 14.2 Å². The Morgan fingerprint density at radius 2 is 1.24 bits per heavy atom. The molecule has 0 heterocycles. The number of methoxy groups -OCH3 is 2. The summed E-state index contributed by atoms with van der Waals surface area (Å²) in [5, 5.41) is 0. The number of fused-ring (bicyclic) bond motifs is 1. The summed E-state index contributed by atoms with van der Waals surface area (Å²) >= 11 is 0. The van der Waals surface area contributed by atoms with Gasteiger partial charge in [-0.3, -0.25) is 0 Å². The topological polar surface area (TPSA) is 18.5 Å². The van der Waals surface area contributed by atoms with E-state index >= 15 is 8.78 Å². The summed E-state index contributed by atoms with van der Waals surface area (Å²) in [6.07, 6.45) is -6.97. The predicted molar refractivity (Wildman–Crippen MR) is 107 cm³/mol. The van der Waals surface area contributed by atoms with Crippen LogP contribution >= 0.6 is 0 Å². The van der Waals surface area contributed by atoms with Gasteiger partial charge in [0.15, 0.2) is 0 Å². The van der Waals surface area contributed by atoms with Crippen molar-refractivity contribution >= 4 is 11.1 Å². The van der Waals surface area contributed by atoms with E-state index < -0.39 is 40.7 Å². The molecule has 2 nitrogen and oxygen atoms in total. The van der Waals surface area contributed by atoms with Gasteiger partial charge >= 0.3 is 23.9 Å². The minimum absolute atomic E-state index is 0.0368. The molecule has 0 saturated carbocycles. The number of alkyl halides is 9. The molecule has 11 heteroatoms. The van der Waals surface area contributed by atoms with E-state index in [2.05, 4.69) is 0 Å². The van der Waals surface area contributed by atoms with Crippen LogP contribution in [-0.4, -0.2) is 38.2 Å². The third kappa shape index (κ3) is 4.09. The molecule has 1 aliphatic rings. The van der Waals surface area contributed by atoms with Gasteiger partial charge in [-0.1, -0.05) is 18.2 Å². The van der Waals surface area contributed by atoms with Crippen LogP contribution in [-0.2, 0) is 6.42 Å². The van der Waals surface area contributed by atoms with Gasteiger partial charge in [0, 0.05) is 5.57 Å². The van der Waals surface area contributed by atoms with Crippen LogP contribution in [0.4, 0.5) is 39.5 Å². The first-order valence-electron chi connectivity index (χ1n) is 9.94. The van der Waals surface area contributed by atoms with Crippen LogP contribution in [0, 0.1) is 0 Å². The minimum Gasteiger partial charge on any atom is -0.497 e. The zero-order valence-electron chi connectivity index (χ0n) is 17.9. The van der Waals surface area contributed by atoms with Crippen LogP contribution in [0.5, 0.6) is 11.5 Å². The first kappa shape index (κ1) is 25.8. The van der Waals surface area contributed by atoms with E-state index in [0.29, 0.717) is 5.75 Å². The van der Waals surface area contributed by atoms with E-state index in [-0.39, 0.29) is 36.1 Å². The summed E-state index contributed by atoms with van der Waals surface area (Å²) < 4.78 is 136. The van der Waals surface area contributed by atoms with Crippen LogP contribution in [0.3, 0.4) is 0 Å². The average Bonchev–Trinajstić information content (AvgIpc) is 2.97. The summed E-state index contributed by atoms with van der Waals surface area (Å²) in [4.78, 5) is 0. The molecule has 2 aromatic carbocycles. The maximum absolute atomic E-state index is 15.4. The molecule has 0 aliphatic heterocycles. The van der Waals surface area contributed by atoms with Crippen molar-refractivity contribution in [3.8, 4) is 11.5 Å². The highest BCUT2D eigenvalue weighted by Crippen LogP contribution is 2.59. The summed E-state index contributed by atoms with van der Waals surface area (Å²) in [6.45, 7) is 0. The van der Waals surface area contributed by atoms with Crippen LogP contribution < -0.4 is 9.47 Å². The highest BCUT2D eigenvalue weighted by molar-refractivity contribution is 5.96. The normalized spacial score (nSPS) is 15.6. The van der Waals surface area contributed by atoms with E-state index in [1.165, 1.54) is 44.6 Å². The van der Waals surface area contributed by atoms with Gasteiger partial charge in [0.05, 0.1) is 14.2 Å². The zero-order valence-corrected chi connectivity index (χ0v) is 17.9. The molecule has 1 aliphatic carbocycles. The zero-order chi connectivity index (χ0) is 25.5. The van der Waals surface area contributed by atoms with Crippen molar-refractivity contribution in [2.24, 2.45) is 0 Å². The predicted octanol–water partition coefficient (Wildman–Crippen LogP) is 7.42. The number of allylic oxidation sites excluding steroid dienone is 2. The van der Waals surface area contributed by atoms with E-state index in [0.717, 1.165) is 12.1 Å². The summed E-state index contributed by atoms with van der Waals surface area (Å²) in [7, 11) is 2.59. The lowest BCUT2D eigenvalue weighted by Gasteiger charge is -2.36. The first-order chi connectivity index (χ1) is 15.7. The Labute approximate surface area is 189 Å². The molecule has 34 heavy (non-hydrogen) atoms. The fourth-order valence-corrected chi connectivity index (χ4v) is 3.86. The number of hydrogen-bond donors (Lipinski definition) is 0. The number of aryl methyl sites for hydroxylation is 1. The Morgan fingerprint density at radius 1 is 0.676 bits per heavy atom. The molecule has 0 aromatic heterocycles. The fraction of sp³-hybridized carbons (Fsp3) is 0.391. The number of ether oxygens (including phenoxy) is 2. The van der Waals surface area contributed by atoms with Crippen LogP contribution in [0.1, 0.15) is 29.5 Å². The lowest BCUT2D eigenvalue weighted by Crippen LogP contribution is -2.61. The monoisotopic (exact) mass is 498 g/mol. The van der Waals surface area contributed by atoms with Gasteiger partial charge in [0.1, 0.15) is 11.5 Å². The molecule has 3 rings (SSSR count). The summed E-state index contributed by atoms with van der Waals surface area (Å²) in [5.74, 6) is -19.2. The molecule has 0 unspecified atom stereocenters. The molecule has 0 bridgehead atoms. The molecule has 0 fully saturated rings. The van der Waals surface area contributed by atoms with Gasteiger partial charge in [-0.05, 0) is 65.8 Å². The minimum atomic E-state index is -7.00. The summed E-state index contributed by atoms with van der Waals surface area (Å²) in [6, 6.07) is 8.54. The standard InChI is InChI=1S/C23H19F9O2/c1-33-15-8-6-13(7-9-15)17-5-3-4-14-12-16(34-2)10-11-18(14)19(17)20(24,25)21(26,27)22(28,29)23(30,31)32/h6-12H,3-5H2,1-2H3. The Morgan fingerprint density at radius 3 is 1.76 bits per heavy atom. The van der Waals surface area contributed by atoms with Gasteiger partial charge in [0.2, 0.25) is 0 Å². The molecule has 0 saturated heterocycles. The van der Waals surface area contributed by atoms with E-state index in [1.54, 1.807) is 0 Å². The lowest BCUT2D eigenvalue weighted by atomic mass is 9.84. The van der Waals surface area contributed by atoms with Crippen molar-refractivity contribution in [2.45, 2.75) is 43.2 Å². The second kappa shape index (κ2) is 8.74. The van der Waals surface area contributed by atoms with Crippen LogP contribution in [0.25, 0.3) is 11.1 Å². The molecule has 0 amide bonds. The SMILES string of the molecule is COc1ccc(C2=C(C(F)(F)C(F)(F)C(F)(F)C(F)(F)F)c3ccc(OC)cc3CCC2)cc1. The van der Waals surface area contributed by atoms with Gasteiger partial charge < -0.3 is 9.47 Å². The Bertz CT molecular complexity index is 1070. The molecule has 0 atom stereocenters. The number of rotatable bonds is 6. The maximum Gasteiger partial charge on any atom is 0.460 e. The van der Waals surface area contributed by atoms with Crippen molar-refractivity contribution in [1.29, 1.82) is 0 Å². The van der Waals surface area contributed by atoms with Crippen molar-refractivity contribution < 1.29 is 49.0 Å². The second-order valence-electron chi connectivity index (χ2n) is 7.68.